The summed E-state index contributed by atoms with van der Waals surface area (Å²) in [4.78, 5) is 22.6. The molecule has 1 rings (SSSR count). The van der Waals surface area contributed by atoms with Gasteiger partial charge in [-0.05, 0) is 6.92 Å². The quantitative estimate of drug-likeness (QED) is 0.868. The Balaban J connectivity index is 3.11. The molecule has 0 aromatic carbocycles. The lowest BCUT2D eigenvalue weighted by molar-refractivity contribution is -0.123. The Morgan fingerprint density at radius 1 is 1.38 bits per heavy atom. The first-order valence-corrected chi connectivity index (χ1v) is 7.43. The predicted molar refractivity (Wildman–Crippen MR) is 87.0 cm³/mol. The third-order valence-corrected chi connectivity index (χ3v) is 3.70. The molecule has 0 aliphatic rings. The summed E-state index contributed by atoms with van der Waals surface area (Å²) in [6, 6.07) is 0. The van der Waals surface area contributed by atoms with Crippen LogP contribution in [0.3, 0.4) is 0 Å². The molecule has 21 heavy (non-hydrogen) atoms. The van der Waals surface area contributed by atoms with E-state index >= 15 is 0 Å². The Bertz CT molecular complexity index is 525. The van der Waals surface area contributed by atoms with Crippen molar-refractivity contribution in [2.45, 2.75) is 40.0 Å². The Kier molecular flexibility index (Phi) is 5.56. The molecule has 1 N–H and O–H groups in total. The van der Waals surface area contributed by atoms with Gasteiger partial charge in [0.25, 0.3) is 0 Å². The molecule has 0 saturated heterocycles. The number of amides is 1. The van der Waals surface area contributed by atoms with Crippen LogP contribution >= 0.6 is 11.6 Å². The first kappa shape index (κ1) is 17.7. The van der Waals surface area contributed by atoms with Gasteiger partial charge < -0.3 is 10.2 Å². The van der Waals surface area contributed by atoms with Crippen LogP contribution in [-0.4, -0.2) is 36.5 Å². The molecule has 0 bridgehead atoms. The van der Waals surface area contributed by atoms with Crippen molar-refractivity contribution in [2.24, 2.45) is 5.92 Å². The van der Waals surface area contributed by atoms with Gasteiger partial charge in [0.05, 0.1) is 5.92 Å². The van der Waals surface area contributed by atoms with E-state index in [0.29, 0.717) is 17.5 Å². The summed E-state index contributed by atoms with van der Waals surface area (Å²) in [5, 5.41) is 3.12. The maximum atomic E-state index is 11.7. The summed E-state index contributed by atoms with van der Waals surface area (Å²) in [5.41, 5.74) is 0.649. The number of carbonyl (C=O) groups excluding carboxylic acids is 1. The zero-order valence-electron chi connectivity index (χ0n) is 13.9. The van der Waals surface area contributed by atoms with Crippen molar-refractivity contribution in [3.8, 4) is 0 Å². The molecule has 1 aromatic heterocycles. The smallest absolute Gasteiger partial charge is 0.224 e. The van der Waals surface area contributed by atoms with Crippen molar-refractivity contribution in [1.29, 1.82) is 0 Å². The second-order valence-electron chi connectivity index (χ2n) is 6.43. The second-order valence-corrected chi connectivity index (χ2v) is 6.79. The van der Waals surface area contributed by atoms with Crippen LogP contribution in [0.25, 0.3) is 0 Å². The minimum absolute atomic E-state index is 0.00991. The van der Waals surface area contributed by atoms with Gasteiger partial charge in [0.15, 0.2) is 0 Å². The van der Waals surface area contributed by atoms with E-state index in [-0.39, 0.29) is 17.2 Å². The van der Waals surface area contributed by atoms with Crippen LogP contribution in [0.5, 0.6) is 0 Å². The van der Waals surface area contributed by atoms with Crippen molar-refractivity contribution in [3.63, 3.8) is 0 Å². The van der Waals surface area contributed by atoms with Crippen LogP contribution in [0.1, 0.15) is 39.1 Å². The van der Waals surface area contributed by atoms with Gasteiger partial charge in [-0.25, -0.2) is 9.97 Å². The van der Waals surface area contributed by atoms with Crippen molar-refractivity contribution in [2.75, 3.05) is 25.5 Å². The lowest BCUT2D eigenvalue weighted by atomic mass is 9.95. The van der Waals surface area contributed by atoms with Crippen molar-refractivity contribution < 1.29 is 4.79 Å². The summed E-state index contributed by atoms with van der Waals surface area (Å²) in [5.74, 6) is 1.35. The number of nitrogens with zero attached hydrogens (tertiary/aromatic N) is 3. The fraction of sp³-hybridized carbons (Fsp3) is 0.667. The fourth-order valence-electron chi connectivity index (χ4n) is 2.01. The van der Waals surface area contributed by atoms with Gasteiger partial charge in [-0.2, -0.15) is 0 Å². The van der Waals surface area contributed by atoms with Gasteiger partial charge in [-0.15, -0.1) is 0 Å². The molecule has 118 valence electrons. The third kappa shape index (κ3) is 4.30. The van der Waals surface area contributed by atoms with Crippen LogP contribution in [0.4, 0.5) is 5.82 Å². The number of carbonyl (C=O) groups is 1. The summed E-state index contributed by atoms with van der Waals surface area (Å²) in [7, 11) is 3.56. The van der Waals surface area contributed by atoms with Gasteiger partial charge in [0.2, 0.25) is 5.91 Å². The second kappa shape index (κ2) is 6.60. The number of anilines is 1. The predicted octanol–water partition coefficient (Wildman–Crippen LogP) is 2.55. The number of hydrogen-bond donors (Lipinski definition) is 1. The molecule has 0 aliphatic heterocycles. The Morgan fingerprint density at radius 3 is 2.43 bits per heavy atom. The minimum atomic E-state index is -0.181. The maximum absolute atomic E-state index is 11.7. The topological polar surface area (TPSA) is 58.1 Å². The zero-order chi connectivity index (χ0) is 16.4. The largest absolute Gasteiger partial charge is 0.359 e. The highest BCUT2D eigenvalue weighted by atomic mass is 35.5. The Hall–Kier alpha value is -1.36. The molecule has 0 fully saturated rings. The average Bonchev–Trinajstić information content (AvgIpc) is 2.39. The highest BCUT2D eigenvalue weighted by molar-refractivity contribution is 6.30. The number of nitrogens with one attached hydrogen (secondary N) is 1. The Labute approximate surface area is 132 Å². The molecule has 1 atom stereocenters. The van der Waals surface area contributed by atoms with E-state index in [9.17, 15) is 4.79 Å². The molecular weight excluding hydrogens is 288 g/mol. The molecule has 0 radical (unpaired) electrons. The normalized spacial score (nSPS) is 13.0. The molecule has 1 amide bonds. The van der Waals surface area contributed by atoms with Crippen molar-refractivity contribution >= 4 is 23.3 Å². The van der Waals surface area contributed by atoms with Gasteiger partial charge in [0.1, 0.15) is 16.8 Å². The molecule has 1 aromatic rings. The maximum Gasteiger partial charge on any atom is 0.224 e. The van der Waals surface area contributed by atoms with Crippen LogP contribution in [0, 0.1) is 12.8 Å². The third-order valence-electron chi connectivity index (χ3n) is 3.33. The molecule has 1 heterocycles. The van der Waals surface area contributed by atoms with Crippen LogP contribution in [0.2, 0.25) is 5.15 Å². The lowest BCUT2D eigenvalue weighted by Gasteiger charge is -2.26. The zero-order valence-corrected chi connectivity index (χ0v) is 14.7. The van der Waals surface area contributed by atoms with E-state index in [0.717, 1.165) is 11.4 Å². The molecule has 0 spiro atoms. The number of rotatable bonds is 4. The summed E-state index contributed by atoms with van der Waals surface area (Å²) < 4.78 is 0. The number of hydrogen-bond acceptors (Lipinski definition) is 4. The number of aromatic nitrogens is 2. The number of halogens is 1. The standard InChI is InChI=1S/C15H25ClN4O/c1-9(13(21)17-6)8-20(7)12-10(2)11(16)18-14(19-12)15(3,4)5/h9H,8H2,1-7H3,(H,17,21). The van der Waals surface area contributed by atoms with E-state index in [1.54, 1.807) is 7.05 Å². The molecule has 6 heteroatoms. The summed E-state index contributed by atoms with van der Waals surface area (Å²) in [6.07, 6.45) is 0. The first-order valence-electron chi connectivity index (χ1n) is 7.05. The monoisotopic (exact) mass is 312 g/mol. The molecule has 5 nitrogen and oxygen atoms in total. The highest BCUT2D eigenvalue weighted by Crippen LogP contribution is 2.28. The van der Waals surface area contributed by atoms with Crippen LogP contribution in [-0.2, 0) is 10.2 Å². The molecule has 1 unspecified atom stereocenters. The molecular formula is C15H25ClN4O. The first-order chi connectivity index (χ1) is 9.57. The van der Waals surface area contributed by atoms with E-state index in [2.05, 4.69) is 15.3 Å². The molecule has 0 aliphatic carbocycles. The summed E-state index contributed by atoms with van der Waals surface area (Å²) >= 11 is 6.24. The van der Waals surface area contributed by atoms with E-state index in [1.807, 2.05) is 46.6 Å². The van der Waals surface area contributed by atoms with Crippen molar-refractivity contribution in [3.05, 3.63) is 16.5 Å². The van der Waals surface area contributed by atoms with E-state index < -0.39 is 0 Å². The Morgan fingerprint density at radius 2 is 1.95 bits per heavy atom. The van der Waals surface area contributed by atoms with Gasteiger partial charge >= 0.3 is 0 Å². The summed E-state index contributed by atoms with van der Waals surface area (Å²) in [6.45, 7) is 10.5. The fourth-order valence-corrected chi connectivity index (χ4v) is 2.18. The van der Waals surface area contributed by atoms with Gasteiger partial charge in [0, 0.05) is 31.6 Å². The van der Waals surface area contributed by atoms with Gasteiger partial charge in [-0.1, -0.05) is 39.3 Å². The minimum Gasteiger partial charge on any atom is -0.359 e. The molecule has 0 saturated carbocycles. The average molecular weight is 313 g/mol. The lowest BCUT2D eigenvalue weighted by Crippen LogP contribution is -2.35. The van der Waals surface area contributed by atoms with Crippen LogP contribution in [0.15, 0.2) is 0 Å². The SMILES string of the molecule is CNC(=O)C(C)CN(C)c1nc(C(C)(C)C)nc(Cl)c1C. The highest BCUT2D eigenvalue weighted by Gasteiger charge is 2.23. The van der Waals surface area contributed by atoms with Gasteiger partial charge in [-0.3, -0.25) is 4.79 Å². The van der Waals surface area contributed by atoms with E-state index in [4.69, 9.17) is 11.6 Å². The van der Waals surface area contributed by atoms with Crippen LogP contribution < -0.4 is 10.2 Å². The van der Waals surface area contributed by atoms with E-state index in [1.165, 1.54) is 0 Å². The van der Waals surface area contributed by atoms with Crippen molar-refractivity contribution in [1.82, 2.24) is 15.3 Å².